The second-order valence-electron chi connectivity index (χ2n) is 4.65. The van der Waals surface area contributed by atoms with E-state index in [4.69, 9.17) is 11.6 Å². The lowest BCUT2D eigenvalue weighted by Gasteiger charge is -2.13. The monoisotopic (exact) mass is 339 g/mol. The van der Waals surface area contributed by atoms with E-state index in [9.17, 15) is 4.79 Å². The van der Waals surface area contributed by atoms with E-state index >= 15 is 0 Å². The molecule has 3 aromatic rings. The van der Waals surface area contributed by atoms with E-state index in [1.165, 1.54) is 23.1 Å². The lowest BCUT2D eigenvalue weighted by atomic mass is 10.2. The van der Waals surface area contributed by atoms with Gasteiger partial charge in [0.1, 0.15) is 5.82 Å². The van der Waals surface area contributed by atoms with Crippen molar-refractivity contribution >= 4 is 51.4 Å². The first-order valence-electron chi connectivity index (χ1n) is 6.19. The zero-order valence-electron chi connectivity index (χ0n) is 10.9. The van der Waals surface area contributed by atoms with Crippen LogP contribution in [0.5, 0.6) is 0 Å². The zero-order chi connectivity index (χ0) is 14.6. The molecule has 0 radical (unpaired) electrons. The minimum Gasteiger partial charge on any atom is -0.310 e. The fourth-order valence-electron chi connectivity index (χ4n) is 2.45. The van der Waals surface area contributed by atoms with E-state index in [1.807, 2.05) is 23.0 Å². The number of amides is 1. The maximum Gasteiger partial charge on any atom is 0.235 e. The van der Waals surface area contributed by atoms with Gasteiger partial charge in [0.15, 0.2) is 10.1 Å². The minimum atomic E-state index is -0.0789. The van der Waals surface area contributed by atoms with E-state index < -0.39 is 0 Å². The number of carbonyl (C=O) groups excluding carboxylic acids is 1. The molecule has 4 rings (SSSR count). The molecule has 0 saturated heterocycles. The summed E-state index contributed by atoms with van der Waals surface area (Å²) in [5.41, 5.74) is 1.84. The van der Waals surface area contributed by atoms with Crippen molar-refractivity contribution in [2.45, 2.75) is 5.25 Å². The molecule has 0 bridgehead atoms. The van der Waals surface area contributed by atoms with Gasteiger partial charge in [-0.3, -0.25) is 13.9 Å². The smallest absolute Gasteiger partial charge is 0.235 e. The van der Waals surface area contributed by atoms with Crippen molar-refractivity contribution in [2.24, 2.45) is 7.05 Å². The fraction of sp³-hybridized carbons (Fsp3) is 0.250. The third-order valence-corrected chi connectivity index (χ3v) is 5.67. The number of carbonyl (C=O) groups is 1. The number of imidazole rings is 1. The summed E-state index contributed by atoms with van der Waals surface area (Å²) in [6, 6.07) is 0. The number of aryl methyl sites for hydroxylation is 1. The fourth-order valence-corrected chi connectivity index (χ4v) is 4.70. The Morgan fingerprint density at radius 1 is 1.52 bits per heavy atom. The van der Waals surface area contributed by atoms with Gasteiger partial charge in [0.25, 0.3) is 0 Å². The Morgan fingerprint density at radius 3 is 3.24 bits per heavy atom. The zero-order valence-corrected chi connectivity index (χ0v) is 13.3. The molecule has 0 saturated carbocycles. The van der Waals surface area contributed by atoms with Crippen LogP contribution in [0.15, 0.2) is 17.8 Å². The first-order chi connectivity index (χ1) is 10.1. The average molecular weight is 340 g/mol. The van der Waals surface area contributed by atoms with Crippen LogP contribution in [0.1, 0.15) is 16.5 Å². The number of thiazole rings is 1. The maximum atomic E-state index is 11.9. The van der Waals surface area contributed by atoms with Crippen molar-refractivity contribution in [1.82, 2.24) is 19.2 Å². The molecule has 0 fully saturated rings. The van der Waals surface area contributed by atoms with E-state index in [0.29, 0.717) is 10.9 Å². The normalized spacial score (nSPS) is 18.6. The number of hydrogen-bond donors (Lipinski definition) is 1. The van der Waals surface area contributed by atoms with Gasteiger partial charge in [0, 0.05) is 24.2 Å². The van der Waals surface area contributed by atoms with Gasteiger partial charge in [0.05, 0.1) is 22.9 Å². The summed E-state index contributed by atoms with van der Waals surface area (Å²) in [5, 5.41) is 9.51. The van der Waals surface area contributed by atoms with E-state index in [1.54, 1.807) is 10.9 Å². The first kappa shape index (κ1) is 13.2. The lowest BCUT2D eigenvalue weighted by molar-refractivity contribution is -0.113. The average Bonchev–Trinajstić information content (AvgIpc) is 3.06. The van der Waals surface area contributed by atoms with Crippen LogP contribution in [0.3, 0.4) is 0 Å². The van der Waals surface area contributed by atoms with Crippen LogP contribution in [0.2, 0.25) is 5.15 Å². The molecule has 1 aliphatic heterocycles. The summed E-state index contributed by atoms with van der Waals surface area (Å²) in [4.78, 5) is 17.1. The topological polar surface area (TPSA) is 64.2 Å². The third-order valence-electron chi connectivity index (χ3n) is 3.39. The Hall–Kier alpha value is -1.51. The van der Waals surface area contributed by atoms with Crippen LogP contribution in [-0.2, 0) is 11.8 Å². The first-order valence-corrected chi connectivity index (χ1v) is 8.50. The number of nitrogens with one attached hydrogen (secondary N) is 1. The summed E-state index contributed by atoms with van der Waals surface area (Å²) in [6.45, 7) is 0. The number of hydrogen-bond acceptors (Lipinski definition) is 5. The number of thioether (sulfide) groups is 1. The molecule has 1 aliphatic rings. The molecule has 108 valence electrons. The highest BCUT2D eigenvalue weighted by atomic mass is 35.5. The summed E-state index contributed by atoms with van der Waals surface area (Å²) in [7, 11) is 1.81. The molecule has 1 amide bonds. The van der Waals surface area contributed by atoms with Crippen LogP contribution in [0, 0.1) is 0 Å². The van der Waals surface area contributed by atoms with Gasteiger partial charge in [-0.15, -0.1) is 23.1 Å². The van der Waals surface area contributed by atoms with Gasteiger partial charge < -0.3 is 5.32 Å². The van der Waals surface area contributed by atoms with Crippen molar-refractivity contribution in [3.63, 3.8) is 0 Å². The maximum absolute atomic E-state index is 11.9. The number of aromatic nitrogens is 4. The van der Waals surface area contributed by atoms with Gasteiger partial charge in [-0.25, -0.2) is 4.98 Å². The molecular formula is C12H10ClN5OS2. The van der Waals surface area contributed by atoms with Crippen LogP contribution in [0.25, 0.3) is 4.96 Å². The predicted octanol–water partition coefficient (Wildman–Crippen LogP) is 2.56. The van der Waals surface area contributed by atoms with E-state index in [0.717, 1.165) is 22.0 Å². The lowest BCUT2D eigenvalue weighted by Crippen LogP contribution is -2.15. The molecule has 3 aromatic heterocycles. The largest absolute Gasteiger partial charge is 0.310 e. The van der Waals surface area contributed by atoms with Crippen LogP contribution in [-0.4, -0.2) is 30.8 Å². The highest BCUT2D eigenvalue weighted by Crippen LogP contribution is 2.44. The molecule has 1 N–H and O–H groups in total. The molecular weight excluding hydrogens is 330 g/mol. The predicted molar refractivity (Wildman–Crippen MR) is 84.2 cm³/mol. The number of anilines is 1. The summed E-state index contributed by atoms with van der Waals surface area (Å²) in [5.74, 6) is 1.05. The number of fused-ring (bicyclic) bond motifs is 2. The van der Waals surface area contributed by atoms with Gasteiger partial charge in [-0.2, -0.15) is 5.10 Å². The molecule has 0 unspecified atom stereocenters. The molecule has 21 heavy (non-hydrogen) atoms. The second kappa shape index (κ2) is 4.75. The van der Waals surface area contributed by atoms with E-state index in [2.05, 4.69) is 15.4 Å². The van der Waals surface area contributed by atoms with Gasteiger partial charge >= 0.3 is 0 Å². The van der Waals surface area contributed by atoms with Gasteiger partial charge in [-0.1, -0.05) is 11.6 Å². The third kappa shape index (κ3) is 1.97. The minimum absolute atomic E-state index is 0.0328. The molecule has 4 heterocycles. The van der Waals surface area contributed by atoms with Crippen LogP contribution in [0.4, 0.5) is 5.82 Å². The Bertz CT molecular complexity index is 851. The van der Waals surface area contributed by atoms with Crippen molar-refractivity contribution < 1.29 is 4.79 Å². The molecule has 1 atom stereocenters. The summed E-state index contributed by atoms with van der Waals surface area (Å²) < 4.78 is 3.66. The Morgan fingerprint density at radius 2 is 2.38 bits per heavy atom. The van der Waals surface area contributed by atoms with Crippen molar-refractivity contribution in [2.75, 3.05) is 11.1 Å². The van der Waals surface area contributed by atoms with Crippen LogP contribution >= 0.6 is 34.7 Å². The molecule has 0 aromatic carbocycles. The highest BCUT2D eigenvalue weighted by Gasteiger charge is 2.31. The van der Waals surface area contributed by atoms with E-state index in [-0.39, 0.29) is 11.2 Å². The van der Waals surface area contributed by atoms with Crippen molar-refractivity contribution in [3.05, 3.63) is 34.2 Å². The standard InChI is InChI=1S/C12H10ClN5OS2/c1-17-11-6(4-14-17)9(21-5-7(19)15-11)8-10(13)16-12-18(8)2-3-20-12/h2-4,9H,5H2,1H3,(H,15,19)/t9-/m1/s1. The number of halogens is 1. The Balaban J connectivity index is 1.93. The molecule has 9 heteroatoms. The molecule has 0 aliphatic carbocycles. The van der Waals surface area contributed by atoms with Crippen molar-refractivity contribution in [1.29, 1.82) is 0 Å². The quantitative estimate of drug-likeness (QED) is 0.740. The van der Waals surface area contributed by atoms with Gasteiger partial charge in [-0.05, 0) is 0 Å². The Labute approximate surface area is 133 Å². The number of rotatable bonds is 1. The SMILES string of the molecule is Cn1ncc2c1NC(=O)CS[C@H]2c1c(Cl)nc2sccn12. The number of nitrogens with zero attached hydrogens (tertiary/aromatic N) is 4. The Kier molecular flexibility index (Phi) is 2.98. The molecule has 6 nitrogen and oxygen atoms in total. The second-order valence-corrected chi connectivity index (χ2v) is 6.98. The molecule has 0 spiro atoms. The van der Waals surface area contributed by atoms with Crippen molar-refractivity contribution in [3.8, 4) is 0 Å². The summed E-state index contributed by atoms with van der Waals surface area (Å²) >= 11 is 9.40. The van der Waals surface area contributed by atoms with Gasteiger partial charge in [0.2, 0.25) is 5.91 Å². The van der Waals surface area contributed by atoms with Crippen LogP contribution < -0.4 is 5.32 Å². The highest BCUT2D eigenvalue weighted by molar-refractivity contribution is 8.00. The summed E-state index contributed by atoms with van der Waals surface area (Å²) in [6.07, 6.45) is 3.73.